The van der Waals surface area contributed by atoms with Crippen LogP contribution in [0.5, 0.6) is 11.5 Å². The van der Waals surface area contributed by atoms with Gasteiger partial charge in [0.1, 0.15) is 17.8 Å². The highest BCUT2D eigenvalue weighted by Crippen LogP contribution is 2.31. The Hall–Kier alpha value is -4.98. The second-order valence-electron chi connectivity index (χ2n) is 8.75. The summed E-state index contributed by atoms with van der Waals surface area (Å²) in [5, 5.41) is 8.02. The molecule has 3 aromatic carbocycles. The van der Waals surface area contributed by atoms with Gasteiger partial charge in [0.2, 0.25) is 0 Å². The molecule has 0 unspecified atom stereocenters. The maximum atomic E-state index is 5.93. The normalized spacial score (nSPS) is 11.1. The van der Waals surface area contributed by atoms with Gasteiger partial charge >= 0.3 is 0 Å². The maximum absolute atomic E-state index is 5.93. The highest BCUT2D eigenvalue weighted by Gasteiger charge is 2.20. The SMILES string of the molecule is Cc1nn(C)c(C)c1-c1nc(Nc2ccc(Oc3ccccc3)cc2)c2ncn(-c3ccccc3)c2n1. The van der Waals surface area contributed by atoms with Crippen molar-refractivity contribution in [2.45, 2.75) is 13.8 Å². The van der Waals surface area contributed by atoms with Crippen LogP contribution in [0.2, 0.25) is 0 Å². The first-order valence-electron chi connectivity index (χ1n) is 12.0. The third kappa shape index (κ3) is 4.29. The summed E-state index contributed by atoms with van der Waals surface area (Å²) >= 11 is 0. The minimum absolute atomic E-state index is 0.597. The number of anilines is 2. The molecule has 3 heterocycles. The number of imidazole rings is 1. The summed E-state index contributed by atoms with van der Waals surface area (Å²) in [5.74, 6) is 2.76. The molecule has 37 heavy (non-hydrogen) atoms. The second kappa shape index (κ2) is 9.23. The number of rotatable bonds is 6. The molecule has 3 aromatic heterocycles. The Morgan fingerprint density at radius 3 is 2.14 bits per heavy atom. The van der Waals surface area contributed by atoms with Crippen molar-refractivity contribution in [2.24, 2.45) is 7.05 Å². The minimum Gasteiger partial charge on any atom is -0.457 e. The molecule has 8 nitrogen and oxygen atoms in total. The Balaban J connectivity index is 1.42. The zero-order valence-electron chi connectivity index (χ0n) is 20.8. The van der Waals surface area contributed by atoms with Gasteiger partial charge in [0.25, 0.3) is 0 Å². The number of para-hydroxylation sites is 2. The lowest BCUT2D eigenvalue weighted by molar-refractivity contribution is 0.483. The van der Waals surface area contributed by atoms with E-state index in [9.17, 15) is 0 Å². The highest BCUT2D eigenvalue weighted by molar-refractivity contribution is 5.88. The zero-order chi connectivity index (χ0) is 25.4. The molecule has 0 aliphatic heterocycles. The zero-order valence-corrected chi connectivity index (χ0v) is 20.8. The number of nitrogens with zero attached hydrogens (tertiary/aromatic N) is 6. The van der Waals surface area contributed by atoms with Crippen LogP contribution in [-0.4, -0.2) is 29.3 Å². The number of nitrogens with one attached hydrogen (secondary N) is 1. The summed E-state index contributed by atoms with van der Waals surface area (Å²) in [6.07, 6.45) is 1.78. The predicted octanol–water partition coefficient (Wildman–Crippen LogP) is 6.37. The lowest BCUT2D eigenvalue weighted by atomic mass is 10.2. The number of ether oxygens (including phenoxy) is 1. The summed E-state index contributed by atoms with van der Waals surface area (Å²) < 4.78 is 9.76. The van der Waals surface area contributed by atoms with Gasteiger partial charge in [0, 0.05) is 24.1 Å². The summed E-state index contributed by atoms with van der Waals surface area (Å²) in [6, 6.07) is 27.5. The van der Waals surface area contributed by atoms with Gasteiger partial charge in [-0.3, -0.25) is 9.25 Å². The van der Waals surface area contributed by atoms with E-state index in [1.165, 1.54) is 0 Å². The maximum Gasteiger partial charge on any atom is 0.170 e. The molecular formula is C29H25N7O. The lowest BCUT2D eigenvalue weighted by Crippen LogP contribution is -2.02. The number of hydrogen-bond donors (Lipinski definition) is 1. The smallest absolute Gasteiger partial charge is 0.170 e. The Labute approximate surface area is 214 Å². The van der Waals surface area contributed by atoms with E-state index in [0.29, 0.717) is 22.8 Å². The van der Waals surface area contributed by atoms with Crippen molar-refractivity contribution < 1.29 is 4.74 Å². The van der Waals surface area contributed by atoms with Crippen molar-refractivity contribution in [3.05, 3.63) is 103 Å². The largest absolute Gasteiger partial charge is 0.457 e. The summed E-state index contributed by atoms with van der Waals surface area (Å²) in [6.45, 7) is 4.00. The van der Waals surface area contributed by atoms with Gasteiger partial charge < -0.3 is 10.1 Å². The number of aromatic nitrogens is 6. The predicted molar refractivity (Wildman–Crippen MR) is 145 cm³/mol. The molecule has 8 heteroatoms. The van der Waals surface area contributed by atoms with Crippen LogP contribution >= 0.6 is 0 Å². The van der Waals surface area contributed by atoms with E-state index in [1.807, 2.05) is 115 Å². The van der Waals surface area contributed by atoms with Crippen molar-refractivity contribution in [1.29, 1.82) is 0 Å². The van der Waals surface area contributed by atoms with Crippen molar-refractivity contribution in [3.8, 4) is 28.6 Å². The van der Waals surface area contributed by atoms with E-state index in [1.54, 1.807) is 6.33 Å². The molecule has 0 spiro atoms. The van der Waals surface area contributed by atoms with E-state index >= 15 is 0 Å². The molecule has 0 radical (unpaired) electrons. The van der Waals surface area contributed by atoms with Crippen LogP contribution in [0.3, 0.4) is 0 Å². The molecular weight excluding hydrogens is 462 g/mol. The van der Waals surface area contributed by atoms with E-state index in [2.05, 4.69) is 15.4 Å². The van der Waals surface area contributed by atoms with E-state index in [4.69, 9.17) is 14.7 Å². The average molecular weight is 488 g/mol. The monoisotopic (exact) mass is 487 g/mol. The highest BCUT2D eigenvalue weighted by atomic mass is 16.5. The summed E-state index contributed by atoms with van der Waals surface area (Å²) in [5.41, 5.74) is 6.01. The Kier molecular flexibility index (Phi) is 5.61. The van der Waals surface area contributed by atoms with Crippen LogP contribution in [0.25, 0.3) is 28.2 Å². The average Bonchev–Trinajstić information content (AvgIpc) is 3.46. The summed E-state index contributed by atoms with van der Waals surface area (Å²) in [7, 11) is 1.93. The molecule has 0 aliphatic carbocycles. The van der Waals surface area contributed by atoms with Crippen molar-refractivity contribution in [3.63, 3.8) is 0 Å². The molecule has 1 N–H and O–H groups in total. The van der Waals surface area contributed by atoms with Crippen LogP contribution in [0.15, 0.2) is 91.3 Å². The third-order valence-corrected chi connectivity index (χ3v) is 6.26. The van der Waals surface area contributed by atoms with E-state index in [-0.39, 0.29) is 0 Å². The molecule has 0 saturated heterocycles. The van der Waals surface area contributed by atoms with Crippen LogP contribution in [-0.2, 0) is 7.05 Å². The molecule has 0 fully saturated rings. The minimum atomic E-state index is 0.597. The van der Waals surface area contributed by atoms with Gasteiger partial charge in [-0.2, -0.15) is 5.10 Å². The van der Waals surface area contributed by atoms with Crippen molar-refractivity contribution in [2.75, 3.05) is 5.32 Å². The van der Waals surface area contributed by atoms with Crippen LogP contribution in [0.1, 0.15) is 11.4 Å². The molecule has 182 valence electrons. The van der Waals surface area contributed by atoms with Gasteiger partial charge in [-0.05, 0) is 62.4 Å². The van der Waals surface area contributed by atoms with Crippen LogP contribution in [0, 0.1) is 13.8 Å². The first-order valence-corrected chi connectivity index (χ1v) is 12.0. The van der Waals surface area contributed by atoms with Crippen molar-refractivity contribution in [1.82, 2.24) is 29.3 Å². The Bertz CT molecular complexity index is 1690. The number of aryl methyl sites for hydroxylation is 2. The third-order valence-electron chi connectivity index (χ3n) is 6.26. The van der Waals surface area contributed by atoms with Gasteiger partial charge in [-0.1, -0.05) is 36.4 Å². The fraction of sp³-hybridized carbons (Fsp3) is 0.103. The molecule has 6 aromatic rings. The van der Waals surface area contributed by atoms with Crippen LogP contribution < -0.4 is 10.1 Å². The van der Waals surface area contributed by atoms with E-state index in [0.717, 1.165) is 39.8 Å². The molecule has 0 aliphatic rings. The molecule has 6 rings (SSSR count). The standard InChI is InChI=1S/C29H25N7O/c1-19-25(20(2)35(3)34-19)27-32-28(26-29(33-27)36(18-30-26)22-10-6-4-7-11-22)31-21-14-16-24(17-15-21)37-23-12-8-5-9-13-23/h4-18H,1-3H3,(H,31,32,33). The molecule has 0 amide bonds. The number of hydrogen-bond acceptors (Lipinski definition) is 6. The molecule has 0 bridgehead atoms. The number of fused-ring (bicyclic) bond motifs is 1. The fourth-order valence-corrected chi connectivity index (χ4v) is 4.34. The lowest BCUT2D eigenvalue weighted by Gasteiger charge is -2.11. The second-order valence-corrected chi connectivity index (χ2v) is 8.75. The Morgan fingerprint density at radius 2 is 1.46 bits per heavy atom. The summed E-state index contributed by atoms with van der Waals surface area (Å²) in [4.78, 5) is 14.6. The van der Waals surface area contributed by atoms with Gasteiger partial charge in [-0.15, -0.1) is 0 Å². The van der Waals surface area contributed by atoms with Gasteiger partial charge in [0.15, 0.2) is 22.8 Å². The molecule has 0 atom stereocenters. The van der Waals surface area contributed by atoms with Crippen LogP contribution in [0.4, 0.5) is 11.5 Å². The Morgan fingerprint density at radius 1 is 0.784 bits per heavy atom. The molecule has 0 saturated carbocycles. The van der Waals surface area contributed by atoms with Crippen molar-refractivity contribution >= 4 is 22.7 Å². The fourth-order valence-electron chi connectivity index (χ4n) is 4.34. The van der Waals surface area contributed by atoms with Gasteiger partial charge in [0.05, 0.1) is 11.3 Å². The number of benzene rings is 3. The van der Waals surface area contributed by atoms with E-state index < -0.39 is 0 Å². The first-order chi connectivity index (χ1) is 18.1. The quantitative estimate of drug-likeness (QED) is 0.294. The van der Waals surface area contributed by atoms with Gasteiger partial charge in [-0.25, -0.2) is 15.0 Å². The first kappa shape index (κ1) is 22.5. The topological polar surface area (TPSA) is 82.7 Å².